The van der Waals surface area contributed by atoms with Crippen molar-refractivity contribution in [1.29, 1.82) is 0 Å². The smallest absolute Gasteiger partial charge is 0.744 e. The van der Waals surface area contributed by atoms with Crippen LogP contribution < -0.4 is 29.6 Å². The molecule has 5 heteroatoms. The Balaban J connectivity index is 0.0000116. The molecule has 0 bridgehead atoms. The molecule has 0 aromatic heterocycles. The average molecular weight is 517 g/mol. The van der Waals surface area contributed by atoms with Gasteiger partial charge in [0.15, 0.2) is 0 Å². The van der Waals surface area contributed by atoms with Crippen LogP contribution in [0.1, 0.15) is 142 Å². The molecule has 3 nitrogen and oxygen atoms in total. The maximum absolute atomic E-state index is 11.9. The van der Waals surface area contributed by atoms with Crippen LogP contribution >= 0.6 is 0 Å². The van der Waals surface area contributed by atoms with Gasteiger partial charge in [0.1, 0.15) is 10.1 Å². The van der Waals surface area contributed by atoms with E-state index in [1.165, 1.54) is 89.5 Å². The van der Waals surface area contributed by atoms with Gasteiger partial charge in [0.05, 0.1) is 4.90 Å². The van der Waals surface area contributed by atoms with E-state index in [1.807, 2.05) is 6.07 Å². The molecular weight excluding hydrogens is 463 g/mol. The van der Waals surface area contributed by atoms with Gasteiger partial charge >= 0.3 is 29.6 Å². The van der Waals surface area contributed by atoms with Gasteiger partial charge in [-0.15, -0.1) is 0 Å². The molecule has 0 saturated carbocycles. The summed E-state index contributed by atoms with van der Waals surface area (Å²) in [6.45, 7) is 9.14. The summed E-state index contributed by atoms with van der Waals surface area (Å²) in [5, 5.41) is 0. The van der Waals surface area contributed by atoms with Crippen LogP contribution in [0.25, 0.3) is 0 Å². The molecule has 0 spiro atoms. The Bertz CT molecular complexity index is 744. The molecule has 198 valence electrons. The number of rotatable bonds is 21. The molecule has 0 N–H and O–H groups in total. The molecule has 35 heavy (non-hydrogen) atoms. The van der Waals surface area contributed by atoms with Crippen LogP contribution in [0.5, 0.6) is 0 Å². The fourth-order valence-corrected chi connectivity index (χ4v) is 5.63. The summed E-state index contributed by atoms with van der Waals surface area (Å²) in [5.74, 6) is 1.61. The van der Waals surface area contributed by atoms with E-state index in [0.717, 1.165) is 48.6 Å². The van der Waals surface area contributed by atoms with Gasteiger partial charge in [-0.05, 0) is 54.7 Å². The summed E-state index contributed by atoms with van der Waals surface area (Å²) < 4.78 is 35.6. The Morgan fingerprint density at radius 2 is 1.03 bits per heavy atom. The van der Waals surface area contributed by atoms with Gasteiger partial charge in [-0.3, -0.25) is 0 Å². The fraction of sp³-hybridized carbons (Fsp3) is 0.800. The Morgan fingerprint density at radius 3 is 1.46 bits per heavy atom. The first-order valence-electron chi connectivity index (χ1n) is 14.3. The molecule has 0 atom stereocenters. The Morgan fingerprint density at radius 1 is 0.629 bits per heavy atom. The second-order valence-corrected chi connectivity index (χ2v) is 12.5. The van der Waals surface area contributed by atoms with E-state index < -0.39 is 10.1 Å². The van der Waals surface area contributed by atoms with Gasteiger partial charge in [-0.2, -0.15) is 0 Å². The standard InChI is InChI=1S/C30H54O3S.Na/c1-26(2)20-15-11-7-5-9-13-17-22-28-23-19-25-30(34(31,32)33)29(28)24-18-14-10-6-8-12-16-21-27(3)4;/h19,23,25-27H,5-18,20-22,24H2,1-4H3,(H,31,32,33);/q;+1/p-1. The summed E-state index contributed by atoms with van der Waals surface area (Å²) in [6.07, 6.45) is 21.5. The third-order valence-electron chi connectivity index (χ3n) is 6.94. The molecular formula is C30H53NaO3S. The van der Waals surface area contributed by atoms with E-state index in [4.69, 9.17) is 0 Å². The molecule has 0 aliphatic rings. The summed E-state index contributed by atoms with van der Waals surface area (Å²) in [6, 6.07) is 5.28. The van der Waals surface area contributed by atoms with E-state index in [0.29, 0.717) is 6.42 Å². The maximum Gasteiger partial charge on any atom is 1.00 e. The third kappa shape index (κ3) is 18.1. The predicted molar refractivity (Wildman–Crippen MR) is 145 cm³/mol. The minimum Gasteiger partial charge on any atom is -0.744 e. The normalized spacial score (nSPS) is 11.9. The molecule has 0 fully saturated rings. The maximum atomic E-state index is 11.9. The second-order valence-electron chi connectivity index (χ2n) is 11.2. The molecule has 0 aliphatic carbocycles. The van der Waals surface area contributed by atoms with Gasteiger partial charge in [0.25, 0.3) is 0 Å². The van der Waals surface area contributed by atoms with Crippen molar-refractivity contribution in [2.24, 2.45) is 11.8 Å². The van der Waals surface area contributed by atoms with Crippen LogP contribution in [0, 0.1) is 11.8 Å². The number of benzene rings is 1. The Kier molecular flexibility index (Phi) is 21.2. The van der Waals surface area contributed by atoms with Gasteiger partial charge in [0.2, 0.25) is 0 Å². The molecule has 0 heterocycles. The molecule has 0 amide bonds. The van der Waals surface area contributed by atoms with E-state index in [9.17, 15) is 13.0 Å². The fourth-order valence-electron chi connectivity index (χ4n) is 4.85. The van der Waals surface area contributed by atoms with Crippen molar-refractivity contribution in [2.75, 3.05) is 0 Å². The van der Waals surface area contributed by atoms with Crippen molar-refractivity contribution in [3.05, 3.63) is 29.3 Å². The molecule has 1 rings (SSSR count). The summed E-state index contributed by atoms with van der Waals surface area (Å²) in [4.78, 5) is 0.0174. The Labute approximate surface area is 240 Å². The summed E-state index contributed by atoms with van der Waals surface area (Å²) in [7, 11) is -4.43. The molecule has 0 radical (unpaired) electrons. The minimum absolute atomic E-state index is 0. The monoisotopic (exact) mass is 516 g/mol. The molecule has 0 aliphatic heterocycles. The first-order valence-corrected chi connectivity index (χ1v) is 15.7. The molecule has 1 aromatic rings. The van der Waals surface area contributed by atoms with E-state index in [2.05, 4.69) is 27.7 Å². The van der Waals surface area contributed by atoms with Crippen molar-refractivity contribution in [3.8, 4) is 0 Å². The number of aryl methyl sites for hydroxylation is 1. The quantitative estimate of drug-likeness (QED) is 0.110. The van der Waals surface area contributed by atoms with E-state index >= 15 is 0 Å². The largest absolute Gasteiger partial charge is 1.00 e. The van der Waals surface area contributed by atoms with Crippen molar-refractivity contribution >= 4 is 10.1 Å². The zero-order valence-corrected chi connectivity index (χ0v) is 26.6. The van der Waals surface area contributed by atoms with Crippen LogP contribution in [0.15, 0.2) is 23.1 Å². The molecule has 0 unspecified atom stereocenters. The Hall–Kier alpha value is 0.130. The summed E-state index contributed by atoms with van der Waals surface area (Å²) >= 11 is 0. The van der Waals surface area contributed by atoms with E-state index in [-0.39, 0.29) is 34.5 Å². The molecule has 1 aromatic carbocycles. The first-order chi connectivity index (χ1) is 16.2. The molecule has 0 saturated heterocycles. The van der Waals surface area contributed by atoms with Gasteiger partial charge in [0, 0.05) is 0 Å². The first kappa shape index (κ1) is 35.1. The van der Waals surface area contributed by atoms with Gasteiger partial charge in [-0.1, -0.05) is 130 Å². The number of hydrogen-bond donors (Lipinski definition) is 0. The topological polar surface area (TPSA) is 57.2 Å². The van der Waals surface area contributed by atoms with Crippen molar-refractivity contribution in [2.45, 2.75) is 148 Å². The predicted octanol–water partition coefficient (Wildman–Crippen LogP) is 6.23. The van der Waals surface area contributed by atoms with E-state index in [1.54, 1.807) is 6.07 Å². The average Bonchev–Trinajstić information content (AvgIpc) is 2.76. The minimum atomic E-state index is -4.43. The SMILES string of the molecule is CC(C)CCCCCCCCCc1cccc(S(=O)(=O)[O-])c1CCCCCCCCCC(C)C.[Na+]. The zero-order chi connectivity index (χ0) is 25.2. The zero-order valence-electron chi connectivity index (χ0n) is 23.7. The van der Waals surface area contributed by atoms with Crippen molar-refractivity contribution in [3.63, 3.8) is 0 Å². The van der Waals surface area contributed by atoms with Crippen molar-refractivity contribution < 1.29 is 42.5 Å². The van der Waals surface area contributed by atoms with Crippen LogP contribution in [0.2, 0.25) is 0 Å². The number of hydrogen-bond acceptors (Lipinski definition) is 3. The van der Waals surface area contributed by atoms with Crippen LogP contribution in [0.4, 0.5) is 0 Å². The van der Waals surface area contributed by atoms with Gasteiger partial charge in [-0.25, -0.2) is 8.42 Å². The van der Waals surface area contributed by atoms with Gasteiger partial charge < -0.3 is 4.55 Å². The summed E-state index contributed by atoms with van der Waals surface area (Å²) in [5.41, 5.74) is 1.87. The van der Waals surface area contributed by atoms with Crippen LogP contribution in [-0.2, 0) is 23.0 Å². The van der Waals surface area contributed by atoms with Crippen molar-refractivity contribution in [1.82, 2.24) is 0 Å². The number of unbranched alkanes of at least 4 members (excludes halogenated alkanes) is 12. The van der Waals surface area contributed by atoms with Crippen LogP contribution in [0.3, 0.4) is 0 Å². The second kappa shape index (κ2) is 21.1. The third-order valence-corrected chi connectivity index (χ3v) is 7.86. The van der Waals surface area contributed by atoms with Crippen LogP contribution in [-0.4, -0.2) is 13.0 Å².